The van der Waals surface area contributed by atoms with Crippen molar-refractivity contribution in [2.24, 2.45) is 5.92 Å². The zero-order valence-corrected chi connectivity index (χ0v) is 27.6. The van der Waals surface area contributed by atoms with Gasteiger partial charge in [-0.25, -0.2) is 4.79 Å². The fourth-order valence-electron chi connectivity index (χ4n) is 5.50. The minimum Gasteiger partial charge on any atom is -0.475 e. The number of hydrogen-bond acceptors (Lipinski definition) is 5. The third-order valence-corrected chi connectivity index (χ3v) is 8.79. The molecule has 4 aromatic rings. The van der Waals surface area contributed by atoms with E-state index in [-0.39, 0.29) is 11.9 Å². The molecule has 47 heavy (non-hydrogen) atoms. The molecule has 0 radical (unpaired) electrons. The summed E-state index contributed by atoms with van der Waals surface area (Å²) in [6, 6.07) is 32.4. The number of carbonyl (C=O) groups is 2. The molecule has 0 spiro atoms. The number of aliphatic carboxylic acids is 1. The Morgan fingerprint density at radius 3 is 2.15 bits per heavy atom. The number of hydrogen-bond donors (Lipinski definition) is 2. The van der Waals surface area contributed by atoms with E-state index in [1.165, 1.54) is 39.2 Å². The SMILES string of the molecule is CC(C)CNCc1cccc(-c2ccc(CN(C(=O)c3cccs3)C3CCN(Cc4ccccc4)CC3)cc2)c1.O=C(O)C(F)(F)F. The van der Waals surface area contributed by atoms with Crippen molar-refractivity contribution in [3.8, 4) is 11.1 Å². The first-order valence-corrected chi connectivity index (χ1v) is 16.7. The summed E-state index contributed by atoms with van der Waals surface area (Å²) in [7, 11) is 0. The van der Waals surface area contributed by atoms with Crippen LogP contribution in [0.1, 0.15) is 53.1 Å². The molecular formula is C37H42F3N3O3S. The van der Waals surface area contributed by atoms with E-state index in [4.69, 9.17) is 9.90 Å². The molecular weight excluding hydrogens is 623 g/mol. The summed E-state index contributed by atoms with van der Waals surface area (Å²) in [6.07, 6.45) is -3.08. The smallest absolute Gasteiger partial charge is 0.475 e. The molecule has 1 aliphatic heterocycles. The minimum absolute atomic E-state index is 0.155. The predicted molar refractivity (Wildman–Crippen MR) is 181 cm³/mol. The molecule has 2 heterocycles. The van der Waals surface area contributed by atoms with E-state index >= 15 is 0 Å². The monoisotopic (exact) mass is 665 g/mol. The highest BCUT2D eigenvalue weighted by Gasteiger charge is 2.38. The summed E-state index contributed by atoms with van der Waals surface area (Å²) in [5.74, 6) is -1.96. The molecule has 0 aliphatic carbocycles. The van der Waals surface area contributed by atoms with Crippen LogP contribution in [0.5, 0.6) is 0 Å². The molecule has 1 fully saturated rings. The predicted octanol–water partition coefficient (Wildman–Crippen LogP) is 8.10. The van der Waals surface area contributed by atoms with Gasteiger partial charge < -0.3 is 15.3 Å². The summed E-state index contributed by atoms with van der Waals surface area (Å²) in [5.41, 5.74) is 6.26. The first-order valence-electron chi connectivity index (χ1n) is 15.8. The van der Waals surface area contributed by atoms with E-state index < -0.39 is 12.1 Å². The van der Waals surface area contributed by atoms with E-state index in [9.17, 15) is 18.0 Å². The Bertz CT molecular complexity index is 1540. The van der Waals surface area contributed by atoms with Gasteiger partial charge in [0.1, 0.15) is 0 Å². The minimum atomic E-state index is -5.08. The van der Waals surface area contributed by atoms with Crippen LogP contribution in [-0.4, -0.2) is 58.6 Å². The molecule has 0 unspecified atom stereocenters. The average Bonchev–Trinajstić information content (AvgIpc) is 3.60. The van der Waals surface area contributed by atoms with E-state index in [0.717, 1.165) is 50.4 Å². The number of rotatable bonds is 11. The zero-order valence-electron chi connectivity index (χ0n) is 26.7. The Morgan fingerprint density at radius 1 is 0.894 bits per heavy atom. The number of carboxylic acids is 1. The Hall–Kier alpha value is -3.99. The van der Waals surface area contributed by atoms with Crippen molar-refractivity contribution in [1.29, 1.82) is 0 Å². The van der Waals surface area contributed by atoms with Gasteiger partial charge in [0.05, 0.1) is 4.88 Å². The second-order valence-corrected chi connectivity index (χ2v) is 13.1. The first kappa shape index (κ1) is 35.9. The molecule has 0 saturated carbocycles. The molecule has 1 saturated heterocycles. The van der Waals surface area contributed by atoms with Crippen molar-refractivity contribution in [3.05, 3.63) is 118 Å². The number of halogens is 3. The zero-order chi connectivity index (χ0) is 33.8. The first-order chi connectivity index (χ1) is 22.5. The molecule has 250 valence electrons. The lowest BCUT2D eigenvalue weighted by molar-refractivity contribution is -0.192. The highest BCUT2D eigenvalue weighted by atomic mass is 32.1. The van der Waals surface area contributed by atoms with Crippen LogP contribution >= 0.6 is 11.3 Å². The fraction of sp³-hybridized carbons (Fsp3) is 0.351. The van der Waals surface area contributed by atoms with Gasteiger partial charge in [-0.2, -0.15) is 13.2 Å². The van der Waals surface area contributed by atoms with Crippen LogP contribution in [0.3, 0.4) is 0 Å². The maximum atomic E-state index is 13.7. The van der Waals surface area contributed by atoms with Crippen molar-refractivity contribution >= 4 is 23.2 Å². The number of carbonyl (C=O) groups excluding carboxylic acids is 1. The lowest BCUT2D eigenvalue weighted by Crippen LogP contribution is -2.46. The largest absolute Gasteiger partial charge is 0.490 e. The van der Waals surface area contributed by atoms with Gasteiger partial charge in [0.2, 0.25) is 0 Å². The highest BCUT2D eigenvalue weighted by Crippen LogP contribution is 2.26. The maximum Gasteiger partial charge on any atom is 0.490 e. The average molecular weight is 666 g/mol. The Balaban J connectivity index is 0.000000644. The Morgan fingerprint density at radius 2 is 1.55 bits per heavy atom. The summed E-state index contributed by atoms with van der Waals surface area (Å²) < 4.78 is 31.7. The van der Waals surface area contributed by atoms with Gasteiger partial charge >= 0.3 is 12.1 Å². The molecule has 5 rings (SSSR count). The summed E-state index contributed by atoms with van der Waals surface area (Å²) in [6.45, 7) is 10.00. The van der Waals surface area contributed by atoms with E-state index in [2.05, 4.69) is 108 Å². The van der Waals surface area contributed by atoms with Gasteiger partial charge in [0.25, 0.3) is 5.91 Å². The molecule has 0 bridgehead atoms. The van der Waals surface area contributed by atoms with Crippen molar-refractivity contribution in [3.63, 3.8) is 0 Å². The third-order valence-electron chi connectivity index (χ3n) is 7.93. The molecule has 6 nitrogen and oxygen atoms in total. The molecule has 1 amide bonds. The molecule has 1 aliphatic rings. The number of amides is 1. The third kappa shape index (κ3) is 11.3. The topological polar surface area (TPSA) is 72.9 Å². The van der Waals surface area contributed by atoms with Crippen molar-refractivity contribution in [2.45, 2.75) is 58.5 Å². The van der Waals surface area contributed by atoms with Gasteiger partial charge in [-0.05, 0) is 70.6 Å². The van der Waals surface area contributed by atoms with Gasteiger partial charge in [-0.15, -0.1) is 11.3 Å². The lowest BCUT2D eigenvalue weighted by atomic mass is 9.99. The molecule has 1 aromatic heterocycles. The van der Waals surface area contributed by atoms with Crippen LogP contribution in [0.2, 0.25) is 0 Å². The molecule has 3 aromatic carbocycles. The number of likely N-dealkylation sites (tertiary alicyclic amines) is 1. The Labute approximate surface area is 278 Å². The number of alkyl halides is 3. The summed E-state index contributed by atoms with van der Waals surface area (Å²) in [4.78, 5) is 28.0. The van der Waals surface area contributed by atoms with E-state index in [1.54, 1.807) is 0 Å². The molecule has 10 heteroatoms. The maximum absolute atomic E-state index is 13.7. The number of benzene rings is 3. The van der Waals surface area contributed by atoms with Gasteiger partial charge in [0.15, 0.2) is 0 Å². The Kier molecular flexibility index (Phi) is 13.2. The van der Waals surface area contributed by atoms with Gasteiger partial charge in [-0.3, -0.25) is 9.69 Å². The van der Waals surface area contributed by atoms with Crippen molar-refractivity contribution in [2.75, 3.05) is 19.6 Å². The van der Waals surface area contributed by atoms with Crippen LogP contribution in [0.25, 0.3) is 11.1 Å². The van der Waals surface area contributed by atoms with Crippen LogP contribution < -0.4 is 5.32 Å². The number of nitrogens with one attached hydrogen (secondary N) is 1. The summed E-state index contributed by atoms with van der Waals surface area (Å²) in [5, 5.41) is 12.7. The fourth-order valence-corrected chi connectivity index (χ4v) is 6.18. The van der Waals surface area contributed by atoms with E-state index in [1.807, 2.05) is 17.5 Å². The van der Waals surface area contributed by atoms with Crippen LogP contribution in [0.15, 0.2) is 96.4 Å². The molecule has 2 N–H and O–H groups in total. The van der Waals surface area contributed by atoms with Crippen LogP contribution in [0, 0.1) is 5.92 Å². The quantitative estimate of drug-likeness (QED) is 0.169. The van der Waals surface area contributed by atoms with Crippen molar-refractivity contribution in [1.82, 2.24) is 15.1 Å². The van der Waals surface area contributed by atoms with Crippen LogP contribution in [0.4, 0.5) is 13.2 Å². The number of carboxylic acid groups (broad SMARTS) is 1. The van der Waals surface area contributed by atoms with Gasteiger partial charge in [0, 0.05) is 38.8 Å². The number of nitrogens with zero attached hydrogens (tertiary/aromatic N) is 2. The second kappa shape index (κ2) is 17.2. The normalized spacial score (nSPS) is 14.0. The van der Waals surface area contributed by atoms with Gasteiger partial charge in [-0.1, -0.05) is 92.7 Å². The van der Waals surface area contributed by atoms with Crippen molar-refractivity contribution < 1.29 is 27.9 Å². The standard InChI is InChI=1S/C35H41N3OS.C2HF3O2/c1-27(2)23-36-24-30-10-6-11-32(22-30)31-15-13-29(14-16-31)26-38(35(39)34-12-7-21-40-34)33-17-19-37(20-18-33)25-28-8-4-3-5-9-28;3-2(4,5)1(6)7/h3-16,21-22,27,33,36H,17-20,23-26H2,1-2H3;(H,6,7). The molecule has 0 atom stereocenters. The van der Waals surface area contributed by atoms with E-state index in [0.29, 0.717) is 12.5 Å². The second-order valence-electron chi connectivity index (χ2n) is 12.1. The number of piperidine rings is 1. The van der Waals surface area contributed by atoms with Crippen LogP contribution in [-0.2, 0) is 24.4 Å². The summed E-state index contributed by atoms with van der Waals surface area (Å²) >= 11 is 1.54. The highest BCUT2D eigenvalue weighted by molar-refractivity contribution is 7.12. The lowest BCUT2D eigenvalue weighted by Gasteiger charge is -2.38. The number of thiophene rings is 1.